The molecule has 106 valence electrons. The topological polar surface area (TPSA) is 22.0 Å². The van der Waals surface area contributed by atoms with Crippen molar-refractivity contribution < 1.29 is 18.0 Å². The maximum absolute atomic E-state index is 12.3. The zero-order valence-corrected chi connectivity index (χ0v) is 11.2. The van der Waals surface area contributed by atoms with Crippen LogP contribution in [0.1, 0.15) is 27.0 Å². The lowest BCUT2D eigenvalue weighted by Crippen LogP contribution is -2.22. The lowest BCUT2D eigenvalue weighted by Gasteiger charge is -2.06. The summed E-state index contributed by atoms with van der Waals surface area (Å²) in [6, 6.07) is 7.07. The van der Waals surface area contributed by atoms with Crippen LogP contribution in [0.15, 0.2) is 36.7 Å². The molecular formula is C15H14F3NO. The van der Waals surface area contributed by atoms with Gasteiger partial charge >= 0.3 is 6.18 Å². The number of halogens is 3. The second kappa shape index (κ2) is 5.15. The largest absolute Gasteiger partial charge is 0.454 e. The van der Waals surface area contributed by atoms with Gasteiger partial charge in [0.1, 0.15) is 0 Å². The molecule has 0 amide bonds. The van der Waals surface area contributed by atoms with Gasteiger partial charge in [-0.1, -0.05) is 18.2 Å². The van der Waals surface area contributed by atoms with Crippen molar-refractivity contribution in [1.82, 2.24) is 4.57 Å². The molecular weight excluding hydrogens is 267 g/mol. The molecule has 5 heteroatoms. The number of aromatic nitrogens is 1. The van der Waals surface area contributed by atoms with Crippen LogP contribution in [0.4, 0.5) is 13.2 Å². The first kappa shape index (κ1) is 14.4. The van der Waals surface area contributed by atoms with Crippen LogP contribution in [0.5, 0.6) is 0 Å². The van der Waals surface area contributed by atoms with Gasteiger partial charge in [0, 0.05) is 24.5 Å². The molecule has 1 heterocycles. The van der Waals surface area contributed by atoms with Crippen molar-refractivity contribution in [2.24, 2.45) is 0 Å². The van der Waals surface area contributed by atoms with Crippen LogP contribution in [0.25, 0.3) is 0 Å². The van der Waals surface area contributed by atoms with E-state index >= 15 is 0 Å². The second-order valence-corrected chi connectivity index (χ2v) is 4.82. The summed E-state index contributed by atoms with van der Waals surface area (Å²) >= 11 is 0. The van der Waals surface area contributed by atoms with Gasteiger partial charge in [0.25, 0.3) is 5.78 Å². The third kappa shape index (κ3) is 3.10. The Kier molecular flexibility index (Phi) is 3.70. The zero-order valence-electron chi connectivity index (χ0n) is 11.2. The van der Waals surface area contributed by atoms with Crippen LogP contribution in [0.2, 0.25) is 0 Å². The van der Waals surface area contributed by atoms with Crippen molar-refractivity contribution in [3.05, 3.63) is 58.9 Å². The summed E-state index contributed by atoms with van der Waals surface area (Å²) in [6.07, 6.45) is -2.12. The molecule has 0 aliphatic carbocycles. The summed E-state index contributed by atoms with van der Waals surface area (Å²) in [4.78, 5) is 11.1. The number of Topliss-reactive ketones (excluding diaryl/α,β-unsaturated/α-hetero) is 1. The molecule has 0 saturated heterocycles. The number of aryl methyl sites for hydroxylation is 2. The van der Waals surface area contributed by atoms with Crippen molar-refractivity contribution in [3.8, 4) is 0 Å². The fourth-order valence-corrected chi connectivity index (χ4v) is 1.95. The fraction of sp³-hybridized carbons (Fsp3) is 0.267. The first-order chi connectivity index (χ1) is 9.27. The minimum Gasteiger partial charge on any atom is -0.349 e. The summed E-state index contributed by atoms with van der Waals surface area (Å²) in [7, 11) is 0. The molecule has 2 rings (SSSR count). The van der Waals surface area contributed by atoms with E-state index < -0.39 is 12.0 Å². The van der Waals surface area contributed by atoms with Gasteiger partial charge in [-0.25, -0.2) is 0 Å². The number of ketones is 1. The van der Waals surface area contributed by atoms with E-state index in [0.29, 0.717) is 6.54 Å². The highest BCUT2D eigenvalue weighted by molar-refractivity contribution is 6.00. The Hall–Kier alpha value is -2.04. The maximum Gasteiger partial charge on any atom is 0.454 e. The summed E-state index contributed by atoms with van der Waals surface area (Å²) in [5.74, 6) is -1.81. The minimum absolute atomic E-state index is 0.332. The van der Waals surface area contributed by atoms with Crippen molar-refractivity contribution in [2.45, 2.75) is 26.6 Å². The van der Waals surface area contributed by atoms with E-state index in [1.165, 1.54) is 18.5 Å². The highest BCUT2D eigenvalue weighted by Crippen LogP contribution is 2.22. The standard InChI is InChI=1S/C15H14F3NO/c1-10-3-4-12(7-11(10)2)8-19-6-5-13(9-19)14(20)15(16,17)18/h3-7,9H,8H2,1-2H3. The Bertz CT molecular complexity index is 641. The monoisotopic (exact) mass is 281 g/mol. The number of carbonyl (C=O) groups excluding carboxylic acids is 1. The number of hydrogen-bond donors (Lipinski definition) is 0. The molecule has 0 unspecified atom stereocenters. The van der Waals surface area contributed by atoms with E-state index in [0.717, 1.165) is 16.7 Å². The maximum atomic E-state index is 12.3. The van der Waals surface area contributed by atoms with Crippen LogP contribution in [0, 0.1) is 13.8 Å². The quantitative estimate of drug-likeness (QED) is 0.782. The van der Waals surface area contributed by atoms with Gasteiger partial charge < -0.3 is 4.57 Å². The minimum atomic E-state index is -4.83. The van der Waals surface area contributed by atoms with Gasteiger partial charge in [0.05, 0.1) is 0 Å². The van der Waals surface area contributed by atoms with Crippen LogP contribution < -0.4 is 0 Å². The number of benzene rings is 1. The number of hydrogen-bond acceptors (Lipinski definition) is 1. The van der Waals surface area contributed by atoms with Crippen LogP contribution in [-0.2, 0) is 6.54 Å². The van der Waals surface area contributed by atoms with E-state index in [1.807, 2.05) is 32.0 Å². The van der Waals surface area contributed by atoms with E-state index in [2.05, 4.69) is 0 Å². The summed E-state index contributed by atoms with van der Waals surface area (Å²) < 4.78 is 38.5. The van der Waals surface area contributed by atoms with Gasteiger partial charge in [-0.3, -0.25) is 4.79 Å². The predicted molar refractivity (Wildman–Crippen MR) is 69.8 cm³/mol. The van der Waals surface area contributed by atoms with Gasteiger partial charge in [0.2, 0.25) is 0 Å². The lowest BCUT2D eigenvalue weighted by atomic mass is 10.1. The summed E-state index contributed by atoms with van der Waals surface area (Å²) in [6.45, 7) is 4.41. The van der Waals surface area contributed by atoms with Gasteiger partial charge in [-0.15, -0.1) is 0 Å². The van der Waals surface area contributed by atoms with Crippen LogP contribution in [0.3, 0.4) is 0 Å². The van der Waals surface area contributed by atoms with Gasteiger partial charge in [-0.05, 0) is 36.6 Å². The van der Waals surface area contributed by atoms with Gasteiger partial charge in [-0.2, -0.15) is 13.2 Å². The van der Waals surface area contributed by atoms with Crippen LogP contribution in [-0.4, -0.2) is 16.5 Å². The molecule has 0 radical (unpaired) electrons. The Labute approximate surface area is 114 Å². The normalized spacial score (nSPS) is 11.7. The molecule has 1 aromatic carbocycles. The molecule has 0 saturated carbocycles. The van der Waals surface area contributed by atoms with E-state index in [9.17, 15) is 18.0 Å². The number of nitrogens with zero attached hydrogens (tertiary/aromatic N) is 1. The predicted octanol–water partition coefficient (Wildman–Crippen LogP) is 3.90. The summed E-state index contributed by atoms with van der Waals surface area (Å²) in [5.41, 5.74) is 2.94. The van der Waals surface area contributed by atoms with Crippen LogP contribution >= 0.6 is 0 Å². The number of rotatable bonds is 3. The lowest BCUT2D eigenvalue weighted by molar-refractivity contribution is -0.0885. The van der Waals surface area contributed by atoms with E-state index in [4.69, 9.17) is 0 Å². The summed E-state index contributed by atoms with van der Waals surface area (Å²) in [5, 5.41) is 0. The molecule has 0 bridgehead atoms. The molecule has 2 aromatic rings. The molecule has 0 atom stereocenters. The molecule has 20 heavy (non-hydrogen) atoms. The van der Waals surface area contributed by atoms with Crippen molar-refractivity contribution in [2.75, 3.05) is 0 Å². The molecule has 1 aromatic heterocycles. The zero-order chi connectivity index (χ0) is 14.9. The highest BCUT2D eigenvalue weighted by Gasteiger charge is 2.39. The molecule has 2 nitrogen and oxygen atoms in total. The first-order valence-electron chi connectivity index (χ1n) is 6.11. The first-order valence-corrected chi connectivity index (χ1v) is 6.11. The third-order valence-electron chi connectivity index (χ3n) is 3.21. The SMILES string of the molecule is Cc1ccc(Cn2ccc(C(=O)C(F)(F)F)c2)cc1C. The Morgan fingerprint density at radius 3 is 2.45 bits per heavy atom. The third-order valence-corrected chi connectivity index (χ3v) is 3.21. The molecule has 0 fully saturated rings. The van der Waals surface area contributed by atoms with E-state index in [-0.39, 0.29) is 5.56 Å². The smallest absolute Gasteiger partial charge is 0.349 e. The highest BCUT2D eigenvalue weighted by atomic mass is 19.4. The van der Waals surface area contributed by atoms with Crippen molar-refractivity contribution >= 4 is 5.78 Å². The fourth-order valence-electron chi connectivity index (χ4n) is 1.95. The Morgan fingerprint density at radius 2 is 1.85 bits per heavy atom. The average Bonchev–Trinajstić information content (AvgIpc) is 2.80. The van der Waals surface area contributed by atoms with E-state index in [1.54, 1.807) is 4.57 Å². The van der Waals surface area contributed by atoms with Gasteiger partial charge in [0.15, 0.2) is 0 Å². The Morgan fingerprint density at radius 1 is 1.15 bits per heavy atom. The van der Waals surface area contributed by atoms with Crippen molar-refractivity contribution in [1.29, 1.82) is 0 Å². The number of carbonyl (C=O) groups is 1. The molecule has 0 spiro atoms. The average molecular weight is 281 g/mol. The molecule has 0 aliphatic rings. The number of alkyl halides is 3. The molecule has 0 aliphatic heterocycles. The second-order valence-electron chi connectivity index (χ2n) is 4.82. The van der Waals surface area contributed by atoms with Crippen molar-refractivity contribution in [3.63, 3.8) is 0 Å². The molecule has 0 N–H and O–H groups in total. The Balaban J connectivity index is 2.17.